The molecule has 2 heterocycles. The maximum absolute atomic E-state index is 6.13. The van der Waals surface area contributed by atoms with E-state index in [1.807, 2.05) is 63.9 Å². The lowest BCUT2D eigenvalue weighted by atomic mass is 10.2. The Kier molecular flexibility index (Phi) is 21.7. The second-order valence-corrected chi connectivity index (χ2v) is 21.9. The van der Waals surface area contributed by atoms with Crippen molar-refractivity contribution in [2.75, 3.05) is 78.6 Å². The predicted molar refractivity (Wildman–Crippen MR) is 218 cm³/mol. The molecule has 2 aromatic carbocycles. The van der Waals surface area contributed by atoms with Crippen LogP contribution in [-0.2, 0) is 27.8 Å². The number of hydrogen-bond donors (Lipinski definition) is 0. The Morgan fingerprint density at radius 1 is 0.604 bits per heavy atom. The molecule has 0 amide bonds. The molecule has 0 radical (unpaired) electrons. The molecule has 4 aromatic rings. The number of para-hydroxylation sites is 2. The summed E-state index contributed by atoms with van der Waals surface area (Å²) in [6.07, 6.45) is 1.86. The minimum Gasteiger partial charge on any atom is -0.424 e. The fourth-order valence-corrected chi connectivity index (χ4v) is 17.3. The van der Waals surface area contributed by atoms with Gasteiger partial charge in [0.05, 0.1) is 56.9 Å². The van der Waals surface area contributed by atoms with E-state index in [1.165, 1.54) is 19.4 Å². The Hall–Kier alpha value is -0.186. The summed E-state index contributed by atoms with van der Waals surface area (Å²) in [5.74, 6) is 2.90. The summed E-state index contributed by atoms with van der Waals surface area (Å²) in [5.41, 5.74) is 2.20. The van der Waals surface area contributed by atoms with Crippen LogP contribution >= 0.6 is 63.9 Å². The molecular formula is C32H48N2O6S6Si2. The largest absolute Gasteiger partial charge is 0.424 e. The number of methoxy groups -OCH3 is 2. The van der Waals surface area contributed by atoms with Gasteiger partial charge in [0.1, 0.15) is 0 Å². The molecular weight excluding hydrogens is 757 g/mol. The highest BCUT2D eigenvalue weighted by Gasteiger charge is 2.19. The molecule has 4 rings (SSSR count). The fourth-order valence-electron chi connectivity index (χ4n) is 4.61. The lowest BCUT2D eigenvalue weighted by Gasteiger charge is -2.15. The minimum atomic E-state index is -0.648. The first-order valence-electron chi connectivity index (χ1n) is 16.4. The molecule has 0 aliphatic rings. The van der Waals surface area contributed by atoms with E-state index < -0.39 is 19.5 Å². The Morgan fingerprint density at radius 2 is 1.06 bits per heavy atom. The van der Waals surface area contributed by atoms with Crippen molar-refractivity contribution in [3.05, 3.63) is 58.5 Å². The van der Waals surface area contributed by atoms with Crippen LogP contribution in [0.15, 0.2) is 48.5 Å². The summed E-state index contributed by atoms with van der Waals surface area (Å²) in [6, 6.07) is 19.1. The number of rotatable bonds is 29. The zero-order valence-electron chi connectivity index (χ0n) is 27.9. The first kappa shape index (κ1) is 40.6. The maximum Gasteiger partial charge on any atom is 0.162 e. The van der Waals surface area contributed by atoms with Crippen LogP contribution in [-0.4, -0.2) is 108 Å². The van der Waals surface area contributed by atoms with Gasteiger partial charge < -0.3 is 27.8 Å². The molecule has 0 N–H and O–H groups in total. The van der Waals surface area contributed by atoms with Gasteiger partial charge in [-0.15, -0.1) is 22.7 Å². The van der Waals surface area contributed by atoms with Crippen LogP contribution in [0, 0.1) is 0 Å². The van der Waals surface area contributed by atoms with Crippen molar-refractivity contribution >= 4 is 104 Å². The van der Waals surface area contributed by atoms with Crippen LogP contribution < -0.4 is 0 Å². The molecule has 2 atom stereocenters. The molecule has 0 aliphatic heterocycles. The summed E-state index contributed by atoms with van der Waals surface area (Å²) in [6.45, 7) is 5.55. The molecule has 0 fully saturated rings. The zero-order chi connectivity index (χ0) is 33.5. The second kappa shape index (κ2) is 25.7. The van der Waals surface area contributed by atoms with Crippen molar-refractivity contribution in [3.63, 3.8) is 0 Å². The van der Waals surface area contributed by atoms with E-state index in [1.54, 1.807) is 14.2 Å². The quantitative estimate of drug-likeness (QED) is 0.0308. The highest BCUT2D eigenvalue weighted by molar-refractivity contribution is 9.26. The third kappa shape index (κ3) is 15.6. The molecule has 8 nitrogen and oxygen atoms in total. The van der Waals surface area contributed by atoms with Gasteiger partial charge in [0.15, 0.2) is 19.5 Å². The Balaban J connectivity index is 1.20. The zero-order valence-corrected chi connectivity index (χ0v) is 35.6. The topological polar surface area (TPSA) is 81.2 Å². The molecule has 0 spiro atoms. The van der Waals surface area contributed by atoms with E-state index in [0.717, 1.165) is 73.9 Å². The average Bonchev–Trinajstić information content (AvgIpc) is 3.74. The summed E-state index contributed by atoms with van der Waals surface area (Å²) in [4.78, 5) is 10.0. The summed E-state index contributed by atoms with van der Waals surface area (Å²) in [7, 11) is 9.75. The minimum absolute atomic E-state index is 0.416. The first-order valence-corrected chi connectivity index (χ1v) is 26.3. The molecule has 0 saturated heterocycles. The normalized spacial score (nSPS) is 13.6. The Morgan fingerprint density at radius 3 is 1.50 bits per heavy atom. The van der Waals surface area contributed by atoms with Gasteiger partial charge in [-0.05, 0) is 68.8 Å². The van der Waals surface area contributed by atoms with E-state index in [0.29, 0.717) is 38.3 Å². The van der Waals surface area contributed by atoms with Gasteiger partial charge in [-0.2, -0.15) is 0 Å². The predicted octanol–water partition coefficient (Wildman–Crippen LogP) is 7.59. The molecule has 0 bridgehead atoms. The van der Waals surface area contributed by atoms with Crippen molar-refractivity contribution < 1.29 is 27.8 Å². The maximum atomic E-state index is 6.13. The van der Waals surface area contributed by atoms with E-state index >= 15 is 0 Å². The van der Waals surface area contributed by atoms with E-state index in [9.17, 15) is 0 Å². The number of fused-ring (bicyclic) bond motifs is 2. The highest BCUT2D eigenvalue weighted by Crippen LogP contribution is 2.47. The van der Waals surface area contributed by atoms with Crippen molar-refractivity contribution in [1.29, 1.82) is 0 Å². The van der Waals surface area contributed by atoms with E-state index in [2.05, 4.69) is 48.5 Å². The van der Waals surface area contributed by atoms with Gasteiger partial charge in [0.2, 0.25) is 0 Å². The SMILES string of the molecule is COCCOCCCO[SiH2]CC(CSSSSCC(C[SiH2]OCCCOCCOC)c1nc2ccccc2s1)c1nc2ccccc2s1. The van der Waals surface area contributed by atoms with E-state index in [4.69, 9.17) is 37.8 Å². The summed E-state index contributed by atoms with van der Waals surface area (Å²) in [5, 5.41) is 2.48. The third-order valence-corrected chi connectivity index (χ3v) is 19.3. The Labute approximate surface area is 313 Å². The summed E-state index contributed by atoms with van der Waals surface area (Å²) < 4.78 is 36.0. The number of thiazole rings is 2. The monoisotopic (exact) mass is 804 g/mol. The molecule has 16 heteroatoms. The van der Waals surface area contributed by atoms with Gasteiger partial charge in [0.25, 0.3) is 0 Å². The Bertz CT molecular complexity index is 1240. The van der Waals surface area contributed by atoms with Gasteiger partial charge in [-0.1, -0.05) is 45.9 Å². The molecule has 0 aliphatic carbocycles. The lowest BCUT2D eigenvalue weighted by Crippen LogP contribution is -2.10. The molecule has 2 unspecified atom stereocenters. The van der Waals surface area contributed by atoms with Crippen LogP contribution in [0.1, 0.15) is 34.7 Å². The van der Waals surface area contributed by atoms with Gasteiger partial charge in [-0.25, -0.2) is 9.97 Å². The first-order chi connectivity index (χ1) is 23.8. The number of hydrogen-bond acceptors (Lipinski definition) is 14. The smallest absolute Gasteiger partial charge is 0.162 e. The molecule has 0 saturated carbocycles. The number of ether oxygens (including phenoxy) is 4. The van der Waals surface area contributed by atoms with Crippen molar-refractivity contribution in [2.24, 2.45) is 0 Å². The fraction of sp³-hybridized carbons (Fsp3) is 0.562. The van der Waals surface area contributed by atoms with Gasteiger partial charge >= 0.3 is 0 Å². The van der Waals surface area contributed by atoms with Gasteiger partial charge in [-0.3, -0.25) is 0 Å². The standard InChI is InChI=1S/C32H48N2O6S6Si2/c1-35-17-19-37-13-7-15-39-47-23-25(31-33-27-9-3-5-11-29(27)43-31)21-41-45-46-42-22-26(24-48-40-16-8-14-38-20-18-36-2)32-34-28-10-4-6-12-30(28)44-32/h3-6,9-12,25-26H,7-8,13-24,47-48H2,1-2H3. The van der Waals surface area contributed by atoms with Crippen molar-refractivity contribution in [2.45, 2.75) is 36.8 Å². The number of benzene rings is 2. The van der Waals surface area contributed by atoms with E-state index in [-0.39, 0.29) is 0 Å². The van der Waals surface area contributed by atoms with Crippen LogP contribution in [0.5, 0.6) is 0 Å². The van der Waals surface area contributed by atoms with Crippen LogP contribution in [0.2, 0.25) is 12.1 Å². The van der Waals surface area contributed by atoms with Gasteiger partial charge in [0, 0.05) is 64.0 Å². The van der Waals surface area contributed by atoms with Crippen molar-refractivity contribution in [1.82, 2.24) is 9.97 Å². The molecule has 48 heavy (non-hydrogen) atoms. The van der Waals surface area contributed by atoms with Crippen molar-refractivity contribution in [3.8, 4) is 0 Å². The van der Waals surface area contributed by atoms with Crippen LogP contribution in [0.3, 0.4) is 0 Å². The average molecular weight is 805 g/mol. The highest BCUT2D eigenvalue weighted by atomic mass is 33.7. The number of aromatic nitrogens is 2. The van der Waals surface area contributed by atoms with Crippen LogP contribution in [0.4, 0.5) is 0 Å². The lowest BCUT2D eigenvalue weighted by molar-refractivity contribution is 0.0646. The molecule has 266 valence electrons. The summed E-state index contributed by atoms with van der Waals surface area (Å²) >= 11 is 3.67. The molecule has 2 aromatic heterocycles. The van der Waals surface area contributed by atoms with Crippen LogP contribution in [0.25, 0.3) is 20.4 Å². The third-order valence-electron chi connectivity index (χ3n) is 7.22. The number of nitrogens with zero attached hydrogens (tertiary/aromatic N) is 2. The second-order valence-electron chi connectivity index (χ2n) is 10.9.